The summed E-state index contributed by atoms with van der Waals surface area (Å²) < 4.78 is 5.52. The molecule has 0 amide bonds. The van der Waals surface area contributed by atoms with Crippen LogP contribution in [-0.4, -0.2) is 18.9 Å². The normalized spacial score (nSPS) is 29.8. The van der Waals surface area contributed by atoms with Gasteiger partial charge < -0.3 is 4.74 Å². The van der Waals surface area contributed by atoms with Gasteiger partial charge in [-0.3, -0.25) is 5.32 Å². The zero-order valence-corrected chi connectivity index (χ0v) is 7.23. The van der Waals surface area contributed by atoms with Crippen LogP contribution in [0.3, 0.4) is 0 Å². The van der Waals surface area contributed by atoms with Crippen LogP contribution in [0.1, 0.15) is 0 Å². The average molecular weight is 173 g/mol. The summed E-state index contributed by atoms with van der Waals surface area (Å²) in [6.45, 7) is 0.663. The standard InChI is InChI=1S/C11H11NO/c1-2-4-9-6-11-10(12-7-13-11)5-8(9)3-1/h1-6,10-12H,7H2. The van der Waals surface area contributed by atoms with Gasteiger partial charge in [0.05, 0.1) is 18.9 Å². The van der Waals surface area contributed by atoms with Gasteiger partial charge in [0.15, 0.2) is 0 Å². The molecule has 3 rings (SSSR count). The maximum Gasteiger partial charge on any atom is 0.0979 e. The molecular weight excluding hydrogens is 162 g/mol. The number of hydrogen-bond donors (Lipinski definition) is 1. The molecule has 0 aromatic heterocycles. The van der Waals surface area contributed by atoms with Crippen LogP contribution >= 0.6 is 0 Å². The van der Waals surface area contributed by atoms with Gasteiger partial charge in [0.2, 0.25) is 0 Å². The van der Waals surface area contributed by atoms with E-state index in [1.54, 1.807) is 0 Å². The minimum absolute atomic E-state index is 0.231. The summed E-state index contributed by atoms with van der Waals surface area (Å²) in [7, 11) is 0. The second-order valence-electron chi connectivity index (χ2n) is 3.47. The molecule has 1 fully saturated rings. The lowest BCUT2D eigenvalue weighted by Crippen LogP contribution is -2.39. The van der Waals surface area contributed by atoms with Gasteiger partial charge in [0.25, 0.3) is 0 Å². The van der Waals surface area contributed by atoms with Crippen molar-refractivity contribution in [2.24, 2.45) is 0 Å². The van der Waals surface area contributed by atoms with Gasteiger partial charge in [-0.1, -0.05) is 30.3 Å². The molecule has 1 aromatic rings. The van der Waals surface area contributed by atoms with E-state index in [0.717, 1.165) is 0 Å². The number of nitrogens with one attached hydrogen (secondary N) is 1. The predicted molar refractivity (Wildman–Crippen MR) is 51.3 cm³/mol. The molecule has 66 valence electrons. The predicted octanol–water partition coefficient (Wildman–Crippen LogP) is -0.424. The Morgan fingerprint density at radius 3 is 2.77 bits per heavy atom. The topological polar surface area (TPSA) is 21.3 Å². The van der Waals surface area contributed by atoms with Crippen molar-refractivity contribution < 1.29 is 4.74 Å². The van der Waals surface area contributed by atoms with Gasteiger partial charge in [-0.05, 0) is 16.5 Å². The summed E-state index contributed by atoms with van der Waals surface area (Å²) in [5, 5.41) is 5.88. The molecule has 2 nitrogen and oxygen atoms in total. The first-order valence-corrected chi connectivity index (χ1v) is 4.57. The molecular formula is C11H11NO. The Labute approximate surface area is 76.5 Å². The van der Waals surface area contributed by atoms with E-state index < -0.39 is 0 Å². The van der Waals surface area contributed by atoms with Crippen LogP contribution in [0.25, 0.3) is 12.2 Å². The quantitative estimate of drug-likeness (QED) is 0.575. The molecule has 1 saturated heterocycles. The molecule has 1 N–H and O–H groups in total. The molecule has 0 bridgehead atoms. The third kappa shape index (κ3) is 1.10. The van der Waals surface area contributed by atoms with E-state index in [4.69, 9.17) is 4.74 Å². The molecule has 0 radical (unpaired) electrons. The average Bonchev–Trinajstić information content (AvgIpc) is 2.61. The molecule has 1 aliphatic heterocycles. The minimum Gasteiger partial charge on any atom is -0.357 e. The minimum atomic E-state index is 0.231. The summed E-state index contributed by atoms with van der Waals surface area (Å²) in [5.74, 6) is 0. The Morgan fingerprint density at radius 1 is 1.15 bits per heavy atom. The van der Waals surface area contributed by atoms with E-state index >= 15 is 0 Å². The van der Waals surface area contributed by atoms with Crippen molar-refractivity contribution in [1.29, 1.82) is 0 Å². The summed E-state index contributed by atoms with van der Waals surface area (Å²) in [4.78, 5) is 0. The molecule has 2 unspecified atom stereocenters. The van der Waals surface area contributed by atoms with Gasteiger partial charge >= 0.3 is 0 Å². The van der Waals surface area contributed by atoms with Crippen molar-refractivity contribution in [3.8, 4) is 0 Å². The van der Waals surface area contributed by atoms with E-state index in [0.29, 0.717) is 12.8 Å². The Hall–Kier alpha value is -1.12. The lowest BCUT2D eigenvalue weighted by atomic mass is 10.0. The van der Waals surface area contributed by atoms with Crippen LogP contribution in [0.5, 0.6) is 0 Å². The molecule has 2 aliphatic rings. The van der Waals surface area contributed by atoms with E-state index in [1.807, 2.05) is 0 Å². The molecule has 1 aromatic carbocycles. The van der Waals surface area contributed by atoms with Crippen molar-refractivity contribution in [2.75, 3.05) is 6.73 Å². The smallest absolute Gasteiger partial charge is 0.0979 e. The molecule has 2 heteroatoms. The highest BCUT2D eigenvalue weighted by Gasteiger charge is 2.25. The number of benzene rings is 1. The van der Waals surface area contributed by atoms with Crippen LogP contribution in [-0.2, 0) is 4.74 Å². The summed E-state index contributed by atoms with van der Waals surface area (Å²) in [5.41, 5.74) is 0. The van der Waals surface area contributed by atoms with E-state index in [1.165, 1.54) is 10.4 Å². The molecule has 2 atom stereocenters. The first kappa shape index (κ1) is 7.30. The van der Waals surface area contributed by atoms with Crippen molar-refractivity contribution in [3.05, 3.63) is 34.7 Å². The largest absolute Gasteiger partial charge is 0.357 e. The van der Waals surface area contributed by atoms with E-state index in [2.05, 4.69) is 41.7 Å². The number of fused-ring (bicyclic) bond motifs is 2. The Bertz CT molecular complexity index is 397. The summed E-state index contributed by atoms with van der Waals surface area (Å²) in [6.07, 6.45) is 4.67. The third-order valence-corrected chi connectivity index (χ3v) is 2.65. The van der Waals surface area contributed by atoms with Gasteiger partial charge in [0.1, 0.15) is 0 Å². The van der Waals surface area contributed by atoms with Crippen molar-refractivity contribution in [3.63, 3.8) is 0 Å². The number of ether oxygens (including phenoxy) is 1. The van der Waals surface area contributed by atoms with Crippen LogP contribution in [0.15, 0.2) is 24.3 Å². The van der Waals surface area contributed by atoms with Gasteiger partial charge in [-0.25, -0.2) is 0 Å². The van der Waals surface area contributed by atoms with Crippen LogP contribution in [0.2, 0.25) is 0 Å². The lowest BCUT2D eigenvalue weighted by molar-refractivity contribution is 0.151. The monoisotopic (exact) mass is 173 g/mol. The van der Waals surface area contributed by atoms with Crippen molar-refractivity contribution >= 4 is 12.2 Å². The van der Waals surface area contributed by atoms with Gasteiger partial charge in [-0.2, -0.15) is 0 Å². The Kier molecular flexibility index (Phi) is 1.51. The number of rotatable bonds is 0. The molecule has 1 aliphatic carbocycles. The fourth-order valence-electron chi connectivity index (χ4n) is 1.95. The maximum absolute atomic E-state index is 5.52. The molecule has 0 saturated carbocycles. The highest BCUT2D eigenvalue weighted by Crippen LogP contribution is 2.10. The fourth-order valence-corrected chi connectivity index (χ4v) is 1.95. The lowest BCUT2D eigenvalue weighted by Gasteiger charge is -2.13. The zero-order chi connectivity index (χ0) is 8.67. The van der Waals surface area contributed by atoms with Gasteiger partial charge in [-0.15, -0.1) is 0 Å². The summed E-state index contributed by atoms with van der Waals surface area (Å²) >= 11 is 0. The second kappa shape index (κ2) is 2.69. The maximum atomic E-state index is 5.52. The highest BCUT2D eigenvalue weighted by atomic mass is 16.5. The Morgan fingerprint density at radius 2 is 1.92 bits per heavy atom. The molecule has 0 spiro atoms. The van der Waals surface area contributed by atoms with Crippen LogP contribution < -0.4 is 15.8 Å². The van der Waals surface area contributed by atoms with E-state index in [9.17, 15) is 0 Å². The highest BCUT2D eigenvalue weighted by molar-refractivity contribution is 5.48. The van der Waals surface area contributed by atoms with E-state index in [-0.39, 0.29) is 6.10 Å². The van der Waals surface area contributed by atoms with Crippen LogP contribution in [0, 0.1) is 0 Å². The molecule has 1 heterocycles. The van der Waals surface area contributed by atoms with Gasteiger partial charge in [0, 0.05) is 0 Å². The second-order valence-corrected chi connectivity index (χ2v) is 3.47. The zero-order valence-electron chi connectivity index (χ0n) is 7.23. The first-order valence-electron chi connectivity index (χ1n) is 4.57. The molecule has 13 heavy (non-hydrogen) atoms. The Balaban J connectivity index is 2.24. The fraction of sp³-hybridized carbons (Fsp3) is 0.273. The van der Waals surface area contributed by atoms with Crippen LogP contribution in [0.4, 0.5) is 0 Å². The summed E-state index contributed by atoms with van der Waals surface area (Å²) in [6, 6.07) is 8.77. The number of hydrogen-bond acceptors (Lipinski definition) is 2. The van der Waals surface area contributed by atoms with Crippen molar-refractivity contribution in [1.82, 2.24) is 5.32 Å². The first-order chi connectivity index (χ1) is 6.43. The third-order valence-electron chi connectivity index (χ3n) is 2.65. The SMILES string of the molecule is C1=c2ccccc2=CC2OCNC12. The van der Waals surface area contributed by atoms with Crippen molar-refractivity contribution in [2.45, 2.75) is 12.1 Å².